The number of benzene rings is 4. The molecule has 1 heterocycles. The van der Waals surface area contributed by atoms with E-state index in [1.807, 2.05) is 31.2 Å². The van der Waals surface area contributed by atoms with E-state index >= 15 is 0 Å². The summed E-state index contributed by atoms with van der Waals surface area (Å²) < 4.78 is 46.2. The molecule has 2 fully saturated rings. The molecule has 0 bridgehead atoms. The number of rotatable bonds is 31. The Morgan fingerprint density at radius 2 is 1.13 bits per heavy atom. The van der Waals surface area contributed by atoms with E-state index in [1.165, 1.54) is 29.7 Å². The molecule has 0 saturated heterocycles. The van der Waals surface area contributed by atoms with E-state index in [9.17, 15) is 34.0 Å². The molecule has 2 saturated carbocycles. The largest absolute Gasteiger partial charge is 0.494 e. The van der Waals surface area contributed by atoms with E-state index in [-0.39, 0.29) is 35.7 Å². The lowest BCUT2D eigenvalue weighted by molar-refractivity contribution is -0.141. The molecule has 1 aromatic heterocycles. The number of anilines is 1. The number of hydrogen-bond donors (Lipinski definition) is 0. The van der Waals surface area contributed by atoms with E-state index in [1.54, 1.807) is 59.6 Å². The Hall–Kier alpha value is -8.37. The second-order valence-electron chi connectivity index (χ2n) is 20.4. The first-order valence-electron chi connectivity index (χ1n) is 28.5. The van der Waals surface area contributed by atoms with Gasteiger partial charge >= 0.3 is 35.8 Å². The van der Waals surface area contributed by atoms with Gasteiger partial charge in [0.2, 0.25) is 5.13 Å². The fourth-order valence-corrected chi connectivity index (χ4v) is 10.5. The summed E-state index contributed by atoms with van der Waals surface area (Å²) in [7, 11) is 0. The number of hydrazone groups is 1. The molecule has 5 aromatic rings. The van der Waals surface area contributed by atoms with Crippen LogP contribution in [0.4, 0.5) is 5.13 Å². The smallest absolute Gasteiger partial charge is 0.339 e. The first-order chi connectivity index (χ1) is 40.4. The first-order valence-corrected chi connectivity index (χ1v) is 29.3. The number of carbonyl (C=O) groups excluding carboxylic acids is 6. The van der Waals surface area contributed by atoms with Crippen LogP contribution in [0.2, 0.25) is 0 Å². The van der Waals surface area contributed by atoms with Crippen molar-refractivity contribution in [2.45, 2.75) is 134 Å². The second-order valence-corrected chi connectivity index (χ2v) is 21.4. The maximum absolute atomic E-state index is 14.1. The topological polar surface area (TPSA) is 229 Å². The lowest BCUT2D eigenvalue weighted by Gasteiger charge is -2.27. The minimum absolute atomic E-state index is 0.131. The van der Waals surface area contributed by atoms with Crippen molar-refractivity contribution >= 4 is 68.7 Å². The molecule has 0 N–H and O–H groups in total. The van der Waals surface area contributed by atoms with Gasteiger partial charge in [0.05, 0.1) is 84.4 Å². The molecule has 4 aromatic carbocycles. The highest BCUT2D eigenvalue weighted by Crippen LogP contribution is 2.34. The summed E-state index contributed by atoms with van der Waals surface area (Å²) in [6.45, 7) is 10.4. The number of fused-ring (bicyclic) bond motifs is 1. The standard InChI is InChI=1S/C64H72N4O14S/c1-4-58(69)77-40-14-8-6-12-38-75-49-24-18-45(19-25-49)60(71)79-51-26-20-47(21-27-51)62(73)82-54-34-35-55(48(42-54)43-66-68(44(3)36-37-65)64-67-56-16-10-11-17-57(56)83-64)63(74)81-52-28-22-46(23-29-52)61(72)80-53-32-30-50(31-33-53)76-39-13-7-9-15-41-78-59(70)5-2/h4-5,10-11,16-19,24-25,30-35,42-44,46-47,51-52H,1-2,6-9,12-15,20-23,26-29,36,38-41H2,3H3/b66-43+. The maximum Gasteiger partial charge on any atom is 0.339 e. The third-order valence-electron chi connectivity index (χ3n) is 14.2. The highest BCUT2D eigenvalue weighted by Gasteiger charge is 2.32. The number of carbonyl (C=O) groups is 6. The molecule has 0 radical (unpaired) electrons. The molecule has 18 nitrogen and oxygen atoms in total. The van der Waals surface area contributed by atoms with E-state index in [0.29, 0.717) is 111 Å². The minimum Gasteiger partial charge on any atom is -0.494 e. The zero-order chi connectivity index (χ0) is 58.8. The van der Waals surface area contributed by atoms with Gasteiger partial charge in [0.25, 0.3) is 0 Å². The fraction of sp³-hybridized carbons (Fsp3) is 0.422. The second kappa shape index (κ2) is 32.9. The Morgan fingerprint density at radius 1 is 0.639 bits per heavy atom. The highest BCUT2D eigenvalue weighted by molar-refractivity contribution is 7.22. The summed E-state index contributed by atoms with van der Waals surface area (Å²) in [4.78, 5) is 81.3. The number of aromatic nitrogens is 1. The van der Waals surface area contributed by atoms with Gasteiger partial charge in [-0.1, -0.05) is 36.6 Å². The van der Waals surface area contributed by atoms with E-state index < -0.39 is 47.9 Å². The lowest BCUT2D eigenvalue weighted by atomic mass is 9.87. The predicted octanol–water partition coefficient (Wildman–Crippen LogP) is 12.4. The molecule has 7 rings (SSSR count). The molecule has 1 unspecified atom stereocenters. The normalized spacial score (nSPS) is 17.0. The summed E-state index contributed by atoms with van der Waals surface area (Å²) >= 11 is 1.41. The number of esters is 6. The lowest BCUT2D eigenvalue weighted by Crippen LogP contribution is -2.30. The number of para-hydroxylation sites is 1. The monoisotopic (exact) mass is 1150 g/mol. The number of thiazole rings is 1. The van der Waals surface area contributed by atoms with Crippen LogP contribution in [0.1, 0.15) is 142 Å². The van der Waals surface area contributed by atoms with E-state index in [2.05, 4.69) is 19.2 Å². The molecule has 2 aliphatic carbocycles. The van der Waals surface area contributed by atoms with Gasteiger partial charge in [0, 0.05) is 17.7 Å². The number of unbranched alkanes of at least 4 members (excludes halogenated alkanes) is 6. The molecule has 0 aliphatic heterocycles. The third-order valence-corrected chi connectivity index (χ3v) is 15.2. The highest BCUT2D eigenvalue weighted by atomic mass is 32.1. The van der Waals surface area contributed by atoms with Gasteiger partial charge in [-0.3, -0.25) is 9.59 Å². The van der Waals surface area contributed by atoms with Crippen LogP contribution in [0.3, 0.4) is 0 Å². The van der Waals surface area contributed by atoms with Gasteiger partial charge in [0.15, 0.2) is 0 Å². The molecule has 438 valence electrons. The summed E-state index contributed by atoms with van der Waals surface area (Å²) in [5, 5.41) is 16.7. The fourth-order valence-electron chi connectivity index (χ4n) is 9.47. The Balaban J connectivity index is 0.909. The molecule has 2 aliphatic rings. The molecule has 19 heteroatoms. The van der Waals surface area contributed by atoms with Crippen molar-refractivity contribution in [1.29, 1.82) is 5.26 Å². The Bertz CT molecular complexity index is 3010. The third kappa shape index (κ3) is 19.9. The van der Waals surface area contributed by atoms with Crippen LogP contribution in [0.25, 0.3) is 10.2 Å². The Kier molecular flexibility index (Phi) is 24.7. The van der Waals surface area contributed by atoms with Crippen molar-refractivity contribution in [3.63, 3.8) is 0 Å². The number of ether oxygens (including phenoxy) is 8. The van der Waals surface area contributed by atoms with Crippen molar-refractivity contribution in [2.75, 3.05) is 31.4 Å². The molecular formula is C64H72N4O14S. The minimum atomic E-state index is -0.622. The van der Waals surface area contributed by atoms with Crippen molar-refractivity contribution in [3.05, 3.63) is 133 Å². The Morgan fingerprint density at radius 3 is 1.67 bits per heavy atom. The van der Waals surface area contributed by atoms with Crippen molar-refractivity contribution in [1.82, 2.24) is 4.98 Å². The van der Waals surface area contributed by atoms with Gasteiger partial charge in [-0.25, -0.2) is 29.2 Å². The number of hydrogen-bond acceptors (Lipinski definition) is 19. The van der Waals surface area contributed by atoms with Crippen LogP contribution in [-0.2, 0) is 38.1 Å². The molecule has 0 amide bonds. The van der Waals surface area contributed by atoms with E-state index in [0.717, 1.165) is 73.7 Å². The average molecular weight is 1150 g/mol. The number of nitrogens with zero attached hydrogens (tertiary/aromatic N) is 4. The summed E-state index contributed by atoms with van der Waals surface area (Å²) in [5.74, 6) is -1.72. The zero-order valence-electron chi connectivity index (χ0n) is 47.0. The maximum atomic E-state index is 14.1. The summed E-state index contributed by atoms with van der Waals surface area (Å²) in [5.41, 5.74) is 1.63. The van der Waals surface area contributed by atoms with Crippen molar-refractivity contribution in [2.24, 2.45) is 16.9 Å². The van der Waals surface area contributed by atoms with Crippen molar-refractivity contribution in [3.8, 4) is 29.1 Å². The molecule has 1 atom stereocenters. The SMILES string of the molecule is C=CC(=O)OCCCCCCOc1ccc(OC(=O)C2CCC(OC(=O)c3ccc(OC(=O)C4CCC(OC(=O)c5ccc(OCCCCCCOC(=O)C=C)cc5)CC4)cc3/C=N/N(c3nc4ccccc4s3)C(C)CC#N)CC2)cc1. The molecular weight excluding hydrogens is 1080 g/mol. The molecule has 83 heavy (non-hydrogen) atoms. The van der Waals surface area contributed by atoms with Crippen LogP contribution in [0.5, 0.6) is 23.0 Å². The quantitative estimate of drug-likeness (QED) is 0.00764. The average Bonchev–Trinajstić information content (AvgIpc) is 4.14. The van der Waals surface area contributed by atoms with Crippen LogP contribution >= 0.6 is 11.3 Å². The van der Waals surface area contributed by atoms with Crippen LogP contribution in [0, 0.1) is 23.2 Å². The summed E-state index contributed by atoms with van der Waals surface area (Å²) in [6.07, 6.45) is 13.5. The number of nitriles is 1. The van der Waals surface area contributed by atoms with Gasteiger partial charge < -0.3 is 37.9 Å². The Labute approximate surface area is 488 Å². The van der Waals surface area contributed by atoms with Crippen LogP contribution < -0.4 is 24.0 Å². The van der Waals surface area contributed by atoms with Crippen LogP contribution in [0.15, 0.2) is 121 Å². The van der Waals surface area contributed by atoms with Gasteiger partial charge in [-0.2, -0.15) is 10.4 Å². The summed E-state index contributed by atoms with van der Waals surface area (Å²) in [6, 6.07) is 27.8. The molecule has 0 spiro atoms. The van der Waals surface area contributed by atoms with Crippen LogP contribution in [-0.4, -0.2) is 91.7 Å². The zero-order valence-corrected chi connectivity index (χ0v) is 47.8. The predicted molar refractivity (Wildman–Crippen MR) is 313 cm³/mol. The first kappa shape index (κ1) is 62.2. The van der Waals surface area contributed by atoms with E-state index in [4.69, 9.17) is 48.0 Å². The van der Waals surface area contributed by atoms with Gasteiger partial charge in [0.1, 0.15) is 35.2 Å². The van der Waals surface area contributed by atoms with Gasteiger partial charge in [-0.05, 0) is 189 Å². The van der Waals surface area contributed by atoms with Gasteiger partial charge in [-0.15, -0.1) is 0 Å². The van der Waals surface area contributed by atoms with Crippen molar-refractivity contribution < 1.29 is 66.7 Å².